The van der Waals surface area contributed by atoms with Gasteiger partial charge >= 0.3 is 0 Å². The van der Waals surface area contributed by atoms with Crippen LogP contribution < -0.4 is 5.73 Å². The maximum Gasteiger partial charge on any atom is 0.263 e. The fraction of sp³-hybridized carbons (Fsp3) is 0.545. The molecule has 1 fully saturated rings. The number of nitrogens with two attached hydrogens (primary N) is 1. The minimum absolute atomic E-state index is 0.332. The minimum Gasteiger partial charge on any atom is -0.329 e. The van der Waals surface area contributed by atoms with Crippen molar-refractivity contribution in [3.63, 3.8) is 0 Å². The zero-order chi connectivity index (χ0) is 13.9. The van der Waals surface area contributed by atoms with E-state index < -0.39 is 20.9 Å². The summed E-state index contributed by atoms with van der Waals surface area (Å²) in [6.07, 6.45) is 1.28. The third kappa shape index (κ3) is 3.08. The van der Waals surface area contributed by atoms with E-state index in [1.165, 1.54) is 16.6 Å². The smallest absolute Gasteiger partial charge is 0.263 e. The van der Waals surface area contributed by atoms with Gasteiger partial charge in [-0.3, -0.25) is 4.90 Å². The molecule has 6 nitrogen and oxygen atoms in total. The van der Waals surface area contributed by atoms with Crippen LogP contribution in [0.2, 0.25) is 0 Å². The summed E-state index contributed by atoms with van der Waals surface area (Å²) >= 11 is 0. The fourth-order valence-electron chi connectivity index (χ4n) is 2.06. The van der Waals surface area contributed by atoms with Gasteiger partial charge in [0.05, 0.1) is 0 Å². The lowest BCUT2D eigenvalue weighted by Gasteiger charge is -2.33. The molecule has 0 aliphatic carbocycles. The highest BCUT2D eigenvalue weighted by Crippen LogP contribution is 2.17. The average Bonchev–Trinajstić information content (AvgIpc) is 2.40. The molecular weight excluding hydrogens is 271 g/mol. The third-order valence-corrected chi connectivity index (χ3v) is 4.92. The summed E-state index contributed by atoms with van der Waals surface area (Å²) in [7, 11) is -3.84. The molecule has 1 aliphatic rings. The molecule has 0 spiro atoms. The molecule has 1 aliphatic heterocycles. The first kappa shape index (κ1) is 14.3. The number of piperazine rings is 1. The highest BCUT2D eigenvalue weighted by Gasteiger charge is 2.31. The molecule has 1 saturated heterocycles. The highest BCUT2D eigenvalue weighted by atomic mass is 32.2. The number of nitrogens with zero attached hydrogens (tertiary/aromatic N) is 3. The number of rotatable bonds is 4. The number of sulfonamides is 1. The van der Waals surface area contributed by atoms with Crippen LogP contribution in [0.15, 0.2) is 23.4 Å². The number of pyridine rings is 1. The van der Waals surface area contributed by atoms with Crippen molar-refractivity contribution in [2.24, 2.45) is 5.73 Å². The van der Waals surface area contributed by atoms with Gasteiger partial charge in [0.1, 0.15) is 0 Å². The zero-order valence-electron chi connectivity index (χ0n) is 10.5. The average molecular weight is 288 g/mol. The third-order valence-electron chi connectivity index (χ3n) is 3.09. The largest absolute Gasteiger partial charge is 0.329 e. The number of hydrogen-bond donors (Lipinski definition) is 1. The molecule has 19 heavy (non-hydrogen) atoms. The first-order chi connectivity index (χ1) is 9.05. The summed E-state index contributed by atoms with van der Waals surface area (Å²) in [6, 6.07) is 2.47. The van der Waals surface area contributed by atoms with Gasteiger partial charge in [-0.1, -0.05) is 0 Å². The van der Waals surface area contributed by atoms with Crippen LogP contribution in [-0.2, 0) is 10.0 Å². The van der Waals surface area contributed by atoms with Crippen LogP contribution in [0.5, 0.6) is 0 Å². The summed E-state index contributed by atoms with van der Waals surface area (Å²) in [5, 5.41) is -0.498. The topological polar surface area (TPSA) is 79.5 Å². The summed E-state index contributed by atoms with van der Waals surface area (Å²) in [5.74, 6) is -0.813. The second kappa shape index (κ2) is 5.91. The van der Waals surface area contributed by atoms with Crippen LogP contribution in [0.3, 0.4) is 0 Å². The van der Waals surface area contributed by atoms with Gasteiger partial charge in [0.25, 0.3) is 10.0 Å². The van der Waals surface area contributed by atoms with E-state index in [-0.39, 0.29) is 0 Å². The van der Waals surface area contributed by atoms with Gasteiger partial charge in [-0.25, -0.2) is 17.8 Å². The Kier molecular flexibility index (Phi) is 4.46. The van der Waals surface area contributed by atoms with E-state index in [0.717, 1.165) is 12.6 Å². The van der Waals surface area contributed by atoms with Crippen molar-refractivity contribution < 1.29 is 12.8 Å². The van der Waals surface area contributed by atoms with Crippen LogP contribution in [0.25, 0.3) is 0 Å². The lowest BCUT2D eigenvalue weighted by molar-refractivity contribution is 0.192. The molecule has 0 amide bonds. The molecule has 2 N–H and O–H groups in total. The van der Waals surface area contributed by atoms with E-state index in [1.807, 2.05) is 0 Å². The second-order valence-electron chi connectivity index (χ2n) is 4.32. The molecule has 0 unspecified atom stereocenters. The van der Waals surface area contributed by atoms with Crippen molar-refractivity contribution in [1.82, 2.24) is 14.2 Å². The predicted octanol–water partition coefficient (Wildman–Crippen LogP) is -0.514. The molecule has 2 rings (SSSR count). The maximum atomic E-state index is 13.5. The van der Waals surface area contributed by atoms with Crippen LogP contribution in [-0.4, -0.2) is 61.9 Å². The molecule has 0 saturated carbocycles. The molecule has 2 heterocycles. The van der Waals surface area contributed by atoms with Crippen molar-refractivity contribution in [2.75, 3.05) is 39.3 Å². The van der Waals surface area contributed by atoms with Gasteiger partial charge in [-0.2, -0.15) is 4.31 Å². The van der Waals surface area contributed by atoms with Gasteiger partial charge in [-0.15, -0.1) is 0 Å². The minimum atomic E-state index is -3.84. The molecule has 0 aromatic carbocycles. The molecule has 106 valence electrons. The van der Waals surface area contributed by atoms with Crippen molar-refractivity contribution in [2.45, 2.75) is 5.03 Å². The van der Waals surface area contributed by atoms with Gasteiger partial charge < -0.3 is 5.73 Å². The van der Waals surface area contributed by atoms with Gasteiger partial charge in [0.2, 0.25) is 5.03 Å². The Morgan fingerprint density at radius 1 is 1.32 bits per heavy atom. The number of halogens is 1. The second-order valence-corrected chi connectivity index (χ2v) is 6.18. The first-order valence-corrected chi connectivity index (χ1v) is 7.53. The molecule has 0 atom stereocenters. The fourth-order valence-corrected chi connectivity index (χ4v) is 3.46. The Balaban J connectivity index is 2.12. The van der Waals surface area contributed by atoms with E-state index in [4.69, 9.17) is 5.73 Å². The maximum absolute atomic E-state index is 13.5. The monoisotopic (exact) mass is 288 g/mol. The van der Waals surface area contributed by atoms with E-state index in [0.29, 0.717) is 32.7 Å². The Morgan fingerprint density at radius 2 is 2.00 bits per heavy atom. The van der Waals surface area contributed by atoms with Crippen LogP contribution in [0.4, 0.5) is 4.39 Å². The van der Waals surface area contributed by atoms with Crippen LogP contribution in [0, 0.1) is 5.82 Å². The quantitative estimate of drug-likeness (QED) is 0.807. The SMILES string of the molecule is NCCN1CCN(S(=O)(=O)c2ncccc2F)CC1. The lowest BCUT2D eigenvalue weighted by atomic mass is 10.3. The standard InChI is InChI=1S/C11H17FN4O2S/c12-10-2-1-4-14-11(10)19(17,18)16-8-6-15(5-3-13)7-9-16/h1-2,4H,3,5-9,13H2. The Morgan fingerprint density at radius 3 is 2.58 bits per heavy atom. The van der Waals surface area contributed by atoms with Gasteiger partial charge in [0, 0.05) is 45.5 Å². The van der Waals surface area contributed by atoms with E-state index in [9.17, 15) is 12.8 Å². The van der Waals surface area contributed by atoms with Crippen molar-refractivity contribution in [3.05, 3.63) is 24.1 Å². The van der Waals surface area contributed by atoms with Gasteiger partial charge in [-0.05, 0) is 12.1 Å². The summed E-state index contributed by atoms with van der Waals surface area (Å²) in [5.41, 5.74) is 5.46. The zero-order valence-corrected chi connectivity index (χ0v) is 11.3. The summed E-state index contributed by atoms with van der Waals surface area (Å²) in [4.78, 5) is 5.73. The highest BCUT2D eigenvalue weighted by molar-refractivity contribution is 7.89. The first-order valence-electron chi connectivity index (χ1n) is 6.09. The number of hydrogen-bond acceptors (Lipinski definition) is 5. The predicted molar refractivity (Wildman–Crippen MR) is 68.4 cm³/mol. The van der Waals surface area contributed by atoms with E-state index in [2.05, 4.69) is 9.88 Å². The molecular formula is C11H17FN4O2S. The molecule has 1 aromatic rings. The van der Waals surface area contributed by atoms with Crippen LogP contribution in [0.1, 0.15) is 0 Å². The van der Waals surface area contributed by atoms with Gasteiger partial charge in [0.15, 0.2) is 5.82 Å². The lowest BCUT2D eigenvalue weighted by Crippen LogP contribution is -2.49. The Labute approximate surface area is 112 Å². The number of aromatic nitrogens is 1. The molecule has 8 heteroatoms. The van der Waals surface area contributed by atoms with E-state index >= 15 is 0 Å². The summed E-state index contributed by atoms with van der Waals surface area (Å²) in [6.45, 7) is 3.15. The van der Waals surface area contributed by atoms with Crippen molar-refractivity contribution in [1.29, 1.82) is 0 Å². The van der Waals surface area contributed by atoms with Crippen LogP contribution >= 0.6 is 0 Å². The Bertz CT molecular complexity index is 529. The molecule has 0 radical (unpaired) electrons. The van der Waals surface area contributed by atoms with Crippen molar-refractivity contribution >= 4 is 10.0 Å². The summed E-state index contributed by atoms with van der Waals surface area (Å²) < 4.78 is 39.3. The molecule has 0 bridgehead atoms. The Hall–Kier alpha value is -1.09. The molecule has 1 aromatic heterocycles. The van der Waals surface area contributed by atoms with Crippen molar-refractivity contribution in [3.8, 4) is 0 Å². The normalized spacial score (nSPS) is 18.6. The van der Waals surface area contributed by atoms with E-state index in [1.54, 1.807) is 0 Å².